The van der Waals surface area contributed by atoms with Crippen molar-refractivity contribution in [2.24, 2.45) is 5.92 Å². The predicted molar refractivity (Wildman–Crippen MR) is 137 cm³/mol. The molecule has 0 unspecified atom stereocenters. The molecule has 8 heteroatoms. The number of methoxy groups -OCH3 is 2. The highest BCUT2D eigenvalue weighted by atomic mass is 16.5. The van der Waals surface area contributed by atoms with Crippen LogP contribution in [0.5, 0.6) is 11.5 Å². The monoisotopic (exact) mass is 478 g/mol. The Morgan fingerprint density at radius 3 is 2.31 bits per heavy atom. The number of benzene rings is 2. The number of amides is 2. The molecule has 0 spiro atoms. The van der Waals surface area contributed by atoms with Crippen molar-refractivity contribution in [3.8, 4) is 11.5 Å². The lowest BCUT2D eigenvalue weighted by molar-refractivity contribution is -0.121. The lowest BCUT2D eigenvalue weighted by atomic mass is 9.95. The van der Waals surface area contributed by atoms with Crippen LogP contribution >= 0.6 is 0 Å². The minimum absolute atomic E-state index is 0.00605. The van der Waals surface area contributed by atoms with E-state index in [4.69, 9.17) is 9.47 Å². The summed E-state index contributed by atoms with van der Waals surface area (Å²) in [5.41, 5.74) is 2.48. The highest BCUT2D eigenvalue weighted by molar-refractivity contribution is 5.97. The molecule has 0 bridgehead atoms. The summed E-state index contributed by atoms with van der Waals surface area (Å²) >= 11 is 0. The van der Waals surface area contributed by atoms with Crippen LogP contribution < -0.4 is 14.8 Å². The first-order valence-corrected chi connectivity index (χ1v) is 11.9. The number of hydrogen-bond acceptors (Lipinski definition) is 5. The summed E-state index contributed by atoms with van der Waals surface area (Å²) < 4.78 is 12.8. The van der Waals surface area contributed by atoms with Crippen LogP contribution in [0, 0.1) is 5.92 Å². The molecule has 2 amide bonds. The maximum Gasteiger partial charge on any atom is 0.254 e. The van der Waals surface area contributed by atoms with Gasteiger partial charge in [0.15, 0.2) is 0 Å². The van der Waals surface area contributed by atoms with E-state index in [-0.39, 0.29) is 17.7 Å². The number of fused-ring (bicyclic) bond motifs is 1. The third-order valence-corrected chi connectivity index (χ3v) is 6.58. The largest absolute Gasteiger partial charge is 0.497 e. The number of anilines is 1. The van der Waals surface area contributed by atoms with Gasteiger partial charge in [-0.15, -0.1) is 0 Å². The zero-order chi connectivity index (χ0) is 24.9. The van der Waals surface area contributed by atoms with E-state index in [1.807, 2.05) is 12.1 Å². The molecule has 8 nitrogen and oxygen atoms in total. The summed E-state index contributed by atoms with van der Waals surface area (Å²) in [6.07, 6.45) is 3.34. The number of nitrogens with zero attached hydrogens (tertiary/aromatic N) is 3. The average Bonchev–Trinajstić information content (AvgIpc) is 3.28. The first kappa shape index (κ1) is 24.6. The fourth-order valence-corrected chi connectivity index (χ4v) is 4.48. The average molecular weight is 479 g/mol. The molecule has 1 fully saturated rings. The maximum atomic E-state index is 13.0. The van der Waals surface area contributed by atoms with Gasteiger partial charge in [-0.1, -0.05) is 0 Å². The van der Waals surface area contributed by atoms with Gasteiger partial charge < -0.3 is 29.2 Å². The minimum atomic E-state index is -0.126. The van der Waals surface area contributed by atoms with E-state index in [2.05, 4.69) is 47.2 Å². The molecular weight excluding hydrogens is 444 g/mol. The molecule has 35 heavy (non-hydrogen) atoms. The molecule has 1 N–H and O–H groups in total. The molecule has 3 aromatic rings. The van der Waals surface area contributed by atoms with E-state index < -0.39 is 0 Å². The van der Waals surface area contributed by atoms with Crippen LogP contribution in [-0.2, 0) is 11.3 Å². The van der Waals surface area contributed by atoms with E-state index >= 15 is 0 Å². The Labute approximate surface area is 206 Å². The number of carbonyl (C=O) groups excluding carboxylic acids is 2. The van der Waals surface area contributed by atoms with Gasteiger partial charge in [-0.3, -0.25) is 9.59 Å². The lowest BCUT2D eigenvalue weighted by Gasteiger charge is -2.31. The number of piperidine rings is 1. The summed E-state index contributed by atoms with van der Waals surface area (Å²) in [4.78, 5) is 29.9. The number of rotatable bonds is 8. The van der Waals surface area contributed by atoms with Crippen molar-refractivity contribution in [1.82, 2.24) is 14.4 Å². The lowest BCUT2D eigenvalue weighted by Crippen LogP contribution is -2.41. The third kappa shape index (κ3) is 5.77. The van der Waals surface area contributed by atoms with Crippen molar-refractivity contribution < 1.29 is 19.1 Å². The smallest absolute Gasteiger partial charge is 0.254 e. The number of hydrogen-bond donors (Lipinski definition) is 1. The van der Waals surface area contributed by atoms with Gasteiger partial charge in [0.05, 0.1) is 14.2 Å². The van der Waals surface area contributed by atoms with Crippen molar-refractivity contribution in [3.05, 3.63) is 54.2 Å². The van der Waals surface area contributed by atoms with Crippen LogP contribution in [0.25, 0.3) is 10.9 Å². The van der Waals surface area contributed by atoms with Crippen LogP contribution in [0.4, 0.5) is 5.69 Å². The minimum Gasteiger partial charge on any atom is -0.497 e. The van der Waals surface area contributed by atoms with Gasteiger partial charge >= 0.3 is 0 Å². The molecule has 2 heterocycles. The van der Waals surface area contributed by atoms with Crippen LogP contribution in [0.15, 0.2) is 48.7 Å². The number of aromatic nitrogens is 1. The van der Waals surface area contributed by atoms with Crippen molar-refractivity contribution >= 4 is 28.4 Å². The van der Waals surface area contributed by atoms with Gasteiger partial charge in [0.2, 0.25) is 5.91 Å². The third-order valence-electron chi connectivity index (χ3n) is 6.58. The molecule has 0 atom stereocenters. The van der Waals surface area contributed by atoms with Crippen molar-refractivity contribution in [2.45, 2.75) is 19.4 Å². The number of likely N-dealkylation sites (tertiary alicyclic amines) is 1. The number of nitrogens with one attached hydrogen (secondary N) is 1. The van der Waals surface area contributed by atoms with Crippen molar-refractivity contribution in [1.29, 1.82) is 0 Å². The van der Waals surface area contributed by atoms with Crippen LogP contribution in [-0.4, -0.2) is 74.1 Å². The van der Waals surface area contributed by atoms with E-state index in [1.165, 1.54) is 0 Å². The van der Waals surface area contributed by atoms with Crippen molar-refractivity contribution in [2.75, 3.05) is 53.3 Å². The van der Waals surface area contributed by atoms with Crippen LogP contribution in [0.1, 0.15) is 23.2 Å². The summed E-state index contributed by atoms with van der Waals surface area (Å²) in [5, 5.41) is 4.18. The Bertz CT molecular complexity index is 1170. The summed E-state index contributed by atoms with van der Waals surface area (Å²) in [5.74, 6) is 0.954. The Balaban J connectivity index is 1.34. The quantitative estimate of drug-likeness (QED) is 0.534. The second kappa shape index (κ2) is 10.8. The molecule has 1 saturated heterocycles. The standard InChI is InChI=1S/C27H34N4O4/c1-29(2)13-14-30-10-9-20-15-22(5-6-25(20)30)28-26(32)19-7-11-31(12-8-19)27(33)21-16-23(34-3)18-24(17-21)35-4/h5-6,9-10,15-19H,7-8,11-14H2,1-4H3,(H,28,32). The van der Waals surface area contributed by atoms with Crippen LogP contribution in [0.2, 0.25) is 0 Å². The van der Waals surface area contributed by atoms with Crippen molar-refractivity contribution in [3.63, 3.8) is 0 Å². The second-order valence-electron chi connectivity index (χ2n) is 9.24. The molecule has 0 saturated carbocycles. The highest BCUT2D eigenvalue weighted by Crippen LogP contribution is 2.27. The topological polar surface area (TPSA) is 76.0 Å². The molecule has 2 aromatic carbocycles. The summed E-state index contributed by atoms with van der Waals surface area (Å²) in [7, 11) is 7.25. The molecule has 1 aliphatic rings. The van der Waals surface area contributed by atoms with Gasteiger partial charge in [-0.25, -0.2) is 0 Å². The van der Waals surface area contributed by atoms with Crippen LogP contribution in [0.3, 0.4) is 0 Å². The molecule has 4 rings (SSSR count). The molecule has 0 aliphatic carbocycles. The maximum absolute atomic E-state index is 13.0. The van der Waals surface area contributed by atoms with Gasteiger partial charge in [-0.2, -0.15) is 0 Å². The zero-order valence-corrected chi connectivity index (χ0v) is 20.9. The Morgan fingerprint density at radius 1 is 1.00 bits per heavy atom. The molecular formula is C27H34N4O4. The first-order valence-electron chi connectivity index (χ1n) is 11.9. The second-order valence-corrected chi connectivity index (χ2v) is 9.24. The van der Waals surface area contributed by atoms with E-state index in [1.54, 1.807) is 37.3 Å². The van der Waals surface area contributed by atoms with Gasteiger partial charge in [0.1, 0.15) is 11.5 Å². The zero-order valence-electron chi connectivity index (χ0n) is 20.9. The Morgan fingerprint density at radius 2 is 1.69 bits per heavy atom. The fourth-order valence-electron chi connectivity index (χ4n) is 4.48. The van der Waals surface area contributed by atoms with E-state index in [0.29, 0.717) is 43.0 Å². The number of carbonyl (C=O) groups is 2. The predicted octanol–water partition coefficient (Wildman–Crippen LogP) is 3.71. The number of likely N-dealkylation sites (N-methyl/N-ethyl adjacent to an activating group) is 1. The SMILES string of the molecule is COc1cc(OC)cc(C(=O)N2CCC(C(=O)Nc3ccc4c(ccn4CCN(C)C)c3)CC2)c1. The Hall–Kier alpha value is -3.52. The first-order chi connectivity index (χ1) is 16.9. The summed E-state index contributed by atoms with van der Waals surface area (Å²) in [6.45, 7) is 2.95. The fraction of sp³-hybridized carbons (Fsp3) is 0.407. The molecule has 186 valence electrons. The number of ether oxygens (including phenoxy) is 2. The van der Waals surface area contributed by atoms with E-state index in [9.17, 15) is 9.59 Å². The molecule has 0 radical (unpaired) electrons. The highest BCUT2D eigenvalue weighted by Gasteiger charge is 2.28. The van der Waals surface area contributed by atoms with E-state index in [0.717, 1.165) is 29.7 Å². The molecule has 1 aromatic heterocycles. The van der Waals surface area contributed by atoms with Gasteiger partial charge in [-0.05, 0) is 63.3 Å². The summed E-state index contributed by atoms with van der Waals surface area (Å²) in [6, 6.07) is 13.3. The molecule has 1 aliphatic heterocycles. The van der Waals surface area contributed by atoms with Gasteiger partial charge in [0, 0.05) is 66.5 Å². The normalized spacial score (nSPS) is 14.4. The Kier molecular flexibility index (Phi) is 7.60. The van der Waals surface area contributed by atoms with Gasteiger partial charge in [0.25, 0.3) is 5.91 Å².